The Balaban J connectivity index is 2.39. The van der Waals surface area contributed by atoms with Gasteiger partial charge in [-0.25, -0.2) is 0 Å². The van der Waals surface area contributed by atoms with Gasteiger partial charge in [0, 0.05) is 12.0 Å². The normalized spacial score (nSPS) is 21.5. The second kappa shape index (κ2) is 3.19. The Bertz CT molecular complexity index is 330. The molecule has 0 N–H and O–H groups in total. The number of hydrogen-bond donors (Lipinski definition) is 0. The molecule has 1 aliphatic carbocycles. The van der Waals surface area contributed by atoms with Crippen LogP contribution in [0.5, 0.6) is 0 Å². The quantitative estimate of drug-likeness (QED) is 0.586. The van der Waals surface area contributed by atoms with Gasteiger partial charge in [0.2, 0.25) is 0 Å². The molecule has 0 atom stereocenters. The van der Waals surface area contributed by atoms with Crippen molar-refractivity contribution in [3.8, 4) is 0 Å². The van der Waals surface area contributed by atoms with E-state index in [9.17, 15) is 13.2 Å². The summed E-state index contributed by atoms with van der Waals surface area (Å²) < 4.78 is 42.7. The summed E-state index contributed by atoms with van der Waals surface area (Å²) in [7, 11) is 0. The topological polar surface area (TPSA) is 9.23 Å². The number of hydrogen-bond acceptors (Lipinski definition) is 1. The fourth-order valence-electron chi connectivity index (χ4n) is 1.64. The van der Waals surface area contributed by atoms with E-state index in [-0.39, 0.29) is 12.2 Å². The fourth-order valence-corrected chi connectivity index (χ4v) is 1.64. The maximum Gasteiger partial charge on any atom is 0.416 e. The van der Waals surface area contributed by atoms with Gasteiger partial charge in [-0.05, 0) is 12.5 Å². The van der Waals surface area contributed by atoms with Crippen molar-refractivity contribution in [2.45, 2.75) is 19.0 Å². The molecule has 0 unspecified atom stereocenters. The van der Waals surface area contributed by atoms with Gasteiger partial charge >= 0.3 is 6.18 Å². The van der Waals surface area contributed by atoms with Crippen molar-refractivity contribution in [2.24, 2.45) is 0 Å². The Morgan fingerprint density at radius 2 is 2.07 bits per heavy atom. The van der Waals surface area contributed by atoms with E-state index in [1.807, 2.05) is 0 Å². The minimum atomic E-state index is -4.27. The number of halogens is 3. The third kappa shape index (κ3) is 1.56. The van der Waals surface area contributed by atoms with Crippen LogP contribution in [0.3, 0.4) is 0 Å². The van der Waals surface area contributed by atoms with Crippen molar-refractivity contribution in [3.05, 3.63) is 35.1 Å². The minimum absolute atomic E-state index is 0.0293. The first-order valence-electron chi connectivity index (χ1n) is 4.39. The molecule has 1 aliphatic heterocycles. The van der Waals surface area contributed by atoms with E-state index in [2.05, 4.69) is 0 Å². The van der Waals surface area contributed by atoms with Crippen molar-refractivity contribution in [3.63, 3.8) is 0 Å². The zero-order valence-corrected chi connectivity index (χ0v) is 7.40. The molecule has 2 aliphatic rings. The van der Waals surface area contributed by atoms with Crippen molar-refractivity contribution in [1.82, 2.24) is 0 Å². The summed E-state index contributed by atoms with van der Waals surface area (Å²) in [6.07, 6.45) is 1.38. The molecule has 0 aromatic rings. The zero-order chi connectivity index (χ0) is 10.2. The second-order valence-corrected chi connectivity index (χ2v) is 3.20. The first kappa shape index (κ1) is 9.37. The van der Waals surface area contributed by atoms with Crippen LogP contribution < -0.4 is 0 Å². The van der Waals surface area contributed by atoms with Crippen LogP contribution in [0.15, 0.2) is 35.1 Å². The summed E-state index contributed by atoms with van der Waals surface area (Å²) in [4.78, 5) is 0. The Morgan fingerprint density at radius 3 is 2.79 bits per heavy atom. The number of alkyl halides is 3. The van der Waals surface area contributed by atoms with E-state index in [0.717, 1.165) is 12.5 Å². The van der Waals surface area contributed by atoms with Gasteiger partial charge in [-0.2, -0.15) is 13.2 Å². The summed E-state index contributed by atoms with van der Waals surface area (Å²) in [5, 5.41) is 0. The highest BCUT2D eigenvalue weighted by Crippen LogP contribution is 2.38. The van der Waals surface area contributed by atoms with Gasteiger partial charge in [0.1, 0.15) is 12.4 Å². The molecule has 4 heteroatoms. The summed E-state index contributed by atoms with van der Waals surface area (Å²) in [6.45, 7) is 0.0293. The van der Waals surface area contributed by atoms with E-state index < -0.39 is 11.7 Å². The average molecular weight is 202 g/mol. The van der Waals surface area contributed by atoms with E-state index in [1.165, 1.54) is 6.08 Å². The standard InChI is InChI=1S/C10H9F3O/c11-10(12,13)8-5-6-14-9-4-2-1-3-7(8)9/h1,3,5H,2,4,6H2. The molecule has 0 fully saturated rings. The molecule has 76 valence electrons. The Labute approximate surface area is 79.6 Å². The van der Waals surface area contributed by atoms with Gasteiger partial charge in [0.05, 0.1) is 5.57 Å². The third-order valence-electron chi connectivity index (χ3n) is 2.26. The van der Waals surface area contributed by atoms with Crippen LogP contribution >= 0.6 is 0 Å². The van der Waals surface area contributed by atoms with Crippen LogP contribution in [0.4, 0.5) is 13.2 Å². The predicted molar refractivity (Wildman–Crippen MR) is 45.5 cm³/mol. The van der Waals surface area contributed by atoms with E-state index in [0.29, 0.717) is 12.2 Å². The summed E-state index contributed by atoms with van der Waals surface area (Å²) in [6, 6.07) is 0. The number of ether oxygens (including phenoxy) is 1. The lowest BCUT2D eigenvalue weighted by Gasteiger charge is -2.24. The van der Waals surface area contributed by atoms with Gasteiger partial charge in [-0.1, -0.05) is 12.2 Å². The Morgan fingerprint density at radius 1 is 1.29 bits per heavy atom. The molecular weight excluding hydrogens is 193 g/mol. The van der Waals surface area contributed by atoms with Crippen LogP contribution in [0.25, 0.3) is 0 Å². The lowest BCUT2D eigenvalue weighted by Crippen LogP contribution is -2.20. The third-order valence-corrected chi connectivity index (χ3v) is 2.26. The van der Waals surface area contributed by atoms with Gasteiger partial charge in [-0.3, -0.25) is 0 Å². The van der Waals surface area contributed by atoms with Crippen molar-refractivity contribution in [2.75, 3.05) is 6.61 Å². The lowest BCUT2D eigenvalue weighted by molar-refractivity contribution is -0.0907. The predicted octanol–water partition coefficient (Wildman–Crippen LogP) is 3.11. The molecule has 0 radical (unpaired) electrons. The molecule has 1 nitrogen and oxygen atoms in total. The van der Waals surface area contributed by atoms with Gasteiger partial charge in [-0.15, -0.1) is 0 Å². The van der Waals surface area contributed by atoms with E-state index in [4.69, 9.17) is 4.74 Å². The molecule has 0 spiro atoms. The van der Waals surface area contributed by atoms with Crippen LogP contribution in [-0.2, 0) is 4.74 Å². The van der Waals surface area contributed by atoms with Crippen LogP contribution in [0.2, 0.25) is 0 Å². The van der Waals surface area contributed by atoms with Crippen molar-refractivity contribution in [1.29, 1.82) is 0 Å². The highest BCUT2D eigenvalue weighted by molar-refractivity contribution is 5.47. The van der Waals surface area contributed by atoms with Gasteiger partial charge < -0.3 is 4.74 Å². The van der Waals surface area contributed by atoms with Gasteiger partial charge in [0.15, 0.2) is 0 Å². The van der Waals surface area contributed by atoms with E-state index >= 15 is 0 Å². The highest BCUT2D eigenvalue weighted by atomic mass is 19.4. The molecule has 2 rings (SSSR count). The Kier molecular flexibility index (Phi) is 2.13. The molecule has 0 saturated heterocycles. The Hall–Kier alpha value is -1.19. The number of rotatable bonds is 0. The van der Waals surface area contributed by atoms with Crippen LogP contribution in [0, 0.1) is 0 Å². The van der Waals surface area contributed by atoms with Crippen LogP contribution in [-0.4, -0.2) is 12.8 Å². The second-order valence-electron chi connectivity index (χ2n) is 3.20. The number of allylic oxidation sites excluding steroid dienone is 5. The first-order chi connectivity index (χ1) is 6.59. The van der Waals surface area contributed by atoms with Gasteiger partial charge in [0.25, 0.3) is 0 Å². The van der Waals surface area contributed by atoms with Crippen molar-refractivity contribution < 1.29 is 17.9 Å². The van der Waals surface area contributed by atoms with E-state index in [1.54, 1.807) is 6.08 Å². The molecule has 0 amide bonds. The smallest absolute Gasteiger partial charge is 0.416 e. The molecular formula is C10H9F3O. The molecule has 1 heterocycles. The zero-order valence-electron chi connectivity index (χ0n) is 7.40. The van der Waals surface area contributed by atoms with Crippen LogP contribution in [0.1, 0.15) is 12.8 Å². The highest BCUT2D eigenvalue weighted by Gasteiger charge is 2.38. The monoisotopic (exact) mass is 202 g/mol. The maximum absolute atomic E-state index is 12.5. The molecule has 0 saturated carbocycles. The molecule has 0 aromatic carbocycles. The largest absolute Gasteiger partial charge is 0.493 e. The SMILES string of the molecule is FC(F)(F)C1=CCOC2=C1C=CCC2. The first-order valence-corrected chi connectivity index (χ1v) is 4.39. The summed E-state index contributed by atoms with van der Waals surface area (Å²) >= 11 is 0. The van der Waals surface area contributed by atoms with Crippen molar-refractivity contribution >= 4 is 0 Å². The minimum Gasteiger partial charge on any atom is -0.493 e. The maximum atomic E-state index is 12.5. The molecule has 14 heavy (non-hydrogen) atoms. The lowest BCUT2D eigenvalue weighted by atomic mass is 9.96. The summed E-state index contributed by atoms with van der Waals surface area (Å²) in [5.74, 6) is 0.474. The average Bonchev–Trinajstić information content (AvgIpc) is 2.15. The molecule has 0 bridgehead atoms. The summed E-state index contributed by atoms with van der Waals surface area (Å²) in [5.41, 5.74) is -0.357. The fraction of sp³-hybridized carbons (Fsp3) is 0.400. The molecule has 0 aromatic heterocycles.